The minimum absolute atomic E-state index is 0.0734. The zero-order chi connectivity index (χ0) is 14.8. The van der Waals surface area contributed by atoms with Gasteiger partial charge in [-0.25, -0.2) is 0 Å². The Balaban J connectivity index is 1.90. The van der Waals surface area contributed by atoms with Crippen LogP contribution in [0.2, 0.25) is 0 Å². The first-order chi connectivity index (χ1) is 10.2. The van der Waals surface area contributed by atoms with E-state index in [0.717, 1.165) is 10.3 Å². The number of nitrogens with zero attached hydrogens (tertiary/aromatic N) is 1. The summed E-state index contributed by atoms with van der Waals surface area (Å²) in [5.41, 5.74) is 0.655. The third-order valence-electron chi connectivity index (χ3n) is 3.44. The third-order valence-corrected chi connectivity index (χ3v) is 4.32. The van der Waals surface area contributed by atoms with E-state index in [1.807, 2.05) is 35.7 Å². The minimum atomic E-state index is -0.756. The van der Waals surface area contributed by atoms with Crippen molar-refractivity contribution in [2.45, 2.75) is 12.6 Å². The first-order valence-electron chi connectivity index (χ1n) is 6.57. The van der Waals surface area contributed by atoms with E-state index >= 15 is 0 Å². The van der Waals surface area contributed by atoms with E-state index in [4.69, 9.17) is 4.74 Å². The van der Waals surface area contributed by atoms with Crippen molar-refractivity contribution in [3.05, 3.63) is 63.9 Å². The van der Waals surface area contributed by atoms with Crippen molar-refractivity contribution in [1.82, 2.24) is 4.57 Å². The molecular weight excluding hydrogens is 286 g/mol. The molecule has 21 heavy (non-hydrogen) atoms. The molecule has 3 aromatic rings. The number of hydrogen-bond donors (Lipinski definition) is 1. The highest BCUT2D eigenvalue weighted by atomic mass is 32.1. The minimum Gasteiger partial charge on any atom is -0.497 e. The van der Waals surface area contributed by atoms with Crippen LogP contribution in [0.25, 0.3) is 10.1 Å². The second-order valence-electron chi connectivity index (χ2n) is 4.76. The Bertz CT molecular complexity index is 822. The number of benzene rings is 1. The molecule has 0 spiro atoms. The predicted molar refractivity (Wildman–Crippen MR) is 84.0 cm³/mol. The number of thiophene rings is 1. The number of hydrogen-bond acceptors (Lipinski definition) is 4. The maximum absolute atomic E-state index is 12.3. The summed E-state index contributed by atoms with van der Waals surface area (Å²) >= 11 is 1.54. The molecule has 0 bridgehead atoms. The van der Waals surface area contributed by atoms with Crippen molar-refractivity contribution in [3.8, 4) is 5.75 Å². The second-order valence-corrected chi connectivity index (χ2v) is 5.71. The molecule has 0 saturated heterocycles. The molecule has 0 aliphatic rings. The number of aliphatic hydroxyl groups is 1. The summed E-state index contributed by atoms with van der Waals surface area (Å²) in [6.45, 7) is 0.220. The van der Waals surface area contributed by atoms with Crippen LogP contribution < -0.4 is 10.3 Å². The van der Waals surface area contributed by atoms with Gasteiger partial charge in [-0.2, -0.15) is 0 Å². The Hall–Kier alpha value is -2.11. The molecule has 0 amide bonds. The molecule has 1 aromatic carbocycles. The van der Waals surface area contributed by atoms with E-state index in [2.05, 4.69) is 0 Å². The van der Waals surface area contributed by atoms with Gasteiger partial charge in [0.2, 0.25) is 0 Å². The van der Waals surface area contributed by atoms with Crippen molar-refractivity contribution < 1.29 is 9.84 Å². The first-order valence-corrected chi connectivity index (χ1v) is 7.45. The normalized spacial score (nSPS) is 12.5. The third kappa shape index (κ3) is 2.70. The summed E-state index contributed by atoms with van der Waals surface area (Å²) in [5, 5.41) is 12.9. The van der Waals surface area contributed by atoms with Crippen LogP contribution in [0.1, 0.15) is 11.7 Å². The molecule has 1 unspecified atom stereocenters. The molecule has 3 rings (SSSR count). The van der Waals surface area contributed by atoms with Gasteiger partial charge < -0.3 is 14.4 Å². The lowest BCUT2D eigenvalue weighted by Gasteiger charge is -2.14. The highest BCUT2D eigenvalue weighted by molar-refractivity contribution is 7.17. The highest BCUT2D eigenvalue weighted by Crippen LogP contribution is 2.21. The van der Waals surface area contributed by atoms with E-state index in [0.29, 0.717) is 11.1 Å². The van der Waals surface area contributed by atoms with E-state index in [1.54, 1.807) is 23.9 Å². The summed E-state index contributed by atoms with van der Waals surface area (Å²) in [6, 6.07) is 11.0. The molecule has 0 radical (unpaired) electrons. The number of rotatable bonds is 4. The quantitative estimate of drug-likeness (QED) is 0.806. The van der Waals surface area contributed by atoms with Crippen LogP contribution in [0, 0.1) is 0 Å². The monoisotopic (exact) mass is 301 g/mol. The van der Waals surface area contributed by atoms with Gasteiger partial charge in [-0.15, -0.1) is 11.3 Å². The van der Waals surface area contributed by atoms with Crippen molar-refractivity contribution in [2.75, 3.05) is 7.11 Å². The number of ether oxygens (including phenoxy) is 1. The molecule has 108 valence electrons. The lowest BCUT2D eigenvalue weighted by molar-refractivity contribution is 0.155. The zero-order valence-electron chi connectivity index (χ0n) is 11.5. The van der Waals surface area contributed by atoms with Crippen molar-refractivity contribution in [2.24, 2.45) is 0 Å². The zero-order valence-corrected chi connectivity index (χ0v) is 12.3. The van der Waals surface area contributed by atoms with E-state index in [9.17, 15) is 9.90 Å². The van der Waals surface area contributed by atoms with Gasteiger partial charge in [0.05, 0.1) is 25.1 Å². The van der Waals surface area contributed by atoms with Crippen LogP contribution in [0.4, 0.5) is 0 Å². The van der Waals surface area contributed by atoms with Crippen LogP contribution >= 0.6 is 11.3 Å². The van der Waals surface area contributed by atoms with Crippen LogP contribution in [0.5, 0.6) is 5.75 Å². The molecule has 4 nitrogen and oxygen atoms in total. The number of fused-ring (bicyclic) bond motifs is 1. The Morgan fingerprint density at radius 1 is 1.33 bits per heavy atom. The molecule has 2 heterocycles. The SMILES string of the molecule is COc1cccc(C(O)Cn2ccc3sccc3c2=O)c1. The van der Waals surface area contributed by atoms with Gasteiger partial charge >= 0.3 is 0 Å². The van der Waals surface area contributed by atoms with Crippen molar-refractivity contribution in [1.29, 1.82) is 0 Å². The summed E-state index contributed by atoms with van der Waals surface area (Å²) in [5.74, 6) is 0.687. The van der Waals surface area contributed by atoms with Gasteiger partial charge in [-0.3, -0.25) is 4.79 Å². The largest absolute Gasteiger partial charge is 0.497 e. The average Bonchev–Trinajstić information content (AvgIpc) is 2.99. The topological polar surface area (TPSA) is 51.5 Å². The van der Waals surface area contributed by atoms with Crippen molar-refractivity contribution in [3.63, 3.8) is 0 Å². The molecule has 1 atom stereocenters. The lowest BCUT2D eigenvalue weighted by Crippen LogP contribution is -2.22. The summed E-state index contributed by atoms with van der Waals surface area (Å²) in [7, 11) is 1.58. The maximum Gasteiger partial charge on any atom is 0.259 e. The molecule has 0 saturated carbocycles. The van der Waals surface area contributed by atoms with Crippen LogP contribution in [-0.2, 0) is 6.54 Å². The number of methoxy groups -OCH3 is 1. The second kappa shape index (κ2) is 5.71. The predicted octanol–water partition coefficient (Wildman–Crippen LogP) is 2.81. The Labute approximate surface area is 125 Å². The van der Waals surface area contributed by atoms with Gasteiger partial charge in [0.1, 0.15) is 5.75 Å². The number of aromatic nitrogens is 1. The van der Waals surface area contributed by atoms with E-state index < -0.39 is 6.10 Å². The maximum atomic E-state index is 12.3. The van der Waals surface area contributed by atoms with E-state index in [1.165, 1.54) is 11.3 Å². The summed E-state index contributed by atoms with van der Waals surface area (Å²) < 4.78 is 7.65. The molecule has 0 aliphatic carbocycles. The van der Waals surface area contributed by atoms with Crippen molar-refractivity contribution >= 4 is 21.4 Å². The smallest absolute Gasteiger partial charge is 0.259 e. The fraction of sp³-hybridized carbons (Fsp3) is 0.188. The lowest BCUT2D eigenvalue weighted by atomic mass is 10.1. The van der Waals surface area contributed by atoms with Gasteiger partial charge in [0, 0.05) is 10.9 Å². The van der Waals surface area contributed by atoms with Gasteiger partial charge in [0.25, 0.3) is 5.56 Å². The first kappa shape index (κ1) is 13.9. The van der Waals surface area contributed by atoms with Gasteiger partial charge in [0.15, 0.2) is 0 Å². The summed E-state index contributed by atoms with van der Waals surface area (Å²) in [6.07, 6.45) is 0.971. The Morgan fingerprint density at radius 3 is 3.00 bits per heavy atom. The van der Waals surface area contributed by atoms with Crippen LogP contribution in [-0.4, -0.2) is 16.8 Å². The Morgan fingerprint density at radius 2 is 2.19 bits per heavy atom. The van der Waals surface area contributed by atoms with Gasteiger partial charge in [-0.1, -0.05) is 12.1 Å². The summed E-state index contributed by atoms with van der Waals surface area (Å²) in [4.78, 5) is 12.3. The number of aliphatic hydroxyl groups excluding tert-OH is 1. The molecule has 2 aromatic heterocycles. The van der Waals surface area contributed by atoms with Crippen LogP contribution in [0.15, 0.2) is 52.8 Å². The molecule has 0 aliphatic heterocycles. The van der Waals surface area contributed by atoms with E-state index in [-0.39, 0.29) is 12.1 Å². The van der Waals surface area contributed by atoms with Gasteiger partial charge in [-0.05, 0) is 35.2 Å². The fourth-order valence-corrected chi connectivity index (χ4v) is 3.06. The average molecular weight is 301 g/mol. The highest BCUT2D eigenvalue weighted by Gasteiger charge is 2.11. The molecule has 1 N–H and O–H groups in total. The molecule has 5 heteroatoms. The standard InChI is InChI=1S/C16H15NO3S/c1-20-12-4-2-3-11(9-12)14(18)10-17-7-5-15-13(16(17)19)6-8-21-15/h2-9,14,18H,10H2,1H3. The Kier molecular flexibility index (Phi) is 3.77. The number of pyridine rings is 1. The molecule has 0 fully saturated rings. The van der Waals surface area contributed by atoms with Crippen LogP contribution in [0.3, 0.4) is 0 Å². The fourth-order valence-electron chi connectivity index (χ4n) is 2.29. The molecular formula is C16H15NO3S.